The van der Waals surface area contributed by atoms with E-state index in [-0.39, 0.29) is 24.4 Å². The van der Waals surface area contributed by atoms with Crippen molar-refractivity contribution in [2.75, 3.05) is 7.11 Å². The topological polar surface area (TPSA) is 38.3 Å². The van der Waals surface area contributed by atoms with Gasteiger partial charge in [-0.25, -0.2) is 4.39 Å². The van der Waals surface area contributed by atoms with Gasteiger partial charge in [0.15, 0.2) is 0 Å². The average molecular weight is 369 g/mol. The van der Waals surface area contributed by atoms with Crippen molar-refractivity contribution in [2.45, 2.75) is 31.9 Å². The van der Waals surface area contributed by atoms with Crippen LogP contribution < -0.4 is 5.32 Å². The highest BCUT2D eigenvalue weighted by atomic mass is 32.1. The van der Waals surface area contributed by atoms with Gasteiger partial charge in [-0.3, -0.25) is 4.79 Å². The highest BCUT2D eigenvalue weighted by molar-refractivity contribution is 7.21. The van der Waals surface area contributed by atoms with Gasteiger partial charge in [-0.05, 0) is 42.5 Å². The number of amides is 1. The van der Waals surface area contributed by atoms with Crippen molar-refractivity contribution in [2.24, 2.45) is 0 Å². The molecule has 1 N–H and O–H groups in total. The monoisotopic (exact) mass is 369 g/mol. The van der Waals surface area contributed by atoms with Crippen LogP contribution in [0.5, 0.6) is 0 Å². The molecule has 0 bridgehead atoms. The van der Waals surface area contributed by atoms with E-state index in [0.717, 1.165) is 24.0 Å². The number of fused-ring (bicyclic) bond motifs is 2. The Morgan fingerprint density at radius 2 is 2.04 bits per heavy atom. The molecule has 0 spiro atoms. The van der Waals surface area contributed by atoms with Gasteiger partial charge in [-0.15, -0.1) is 11.3 Å². The smallest absolute Gasteiger partial charge is 0.261 e. The number of benzene rings is 2. The predicted octanol–water partition coefficient (Wildman–Crippen LogP) is 4.47. The van der Waals surface area contributed by atoms with Crippen molar-refractivity contribution < 1.29 is 13.9 Å². The summed E-state index contributed by atoms with van der Waals surface area (Å²) in [5, 5.41) is 3.65. The zero-order valence-electron chi connectivity index (χ0n) is 14.5. The SMILES string of the molecule is COCc1c(C(=O)NC2CCc3ccccc3C2)sc2cccc(F)c12. The first-order valence-electron chi connectivity index (χ1n) is 8.74. The van der Waals surface area contributed by atoms with E-state index in [2.05, 4.69) is 23.5 Å². The first-order chi connectivity index (χ1) is 12.7. The summed E-state index contributed by atoms with van der Waals surface area (Å²) in [4.78, 5) is 13.5. The van der Waals surface area contributed by atoms with Crippen LogP contribution in [0.1, 0.15) is 32.8 Å². The van der Waals surface area contributed by atoms with Gasteiger partial charge < -0.3 is 10.1 Å². The lowest BCUT2D eigenvalue weighted by molar-refractivity contribution is 0.0933. The van der Waals surface area contributed by atoms with Gasteiger partial charge in [0.2, 0.25) is 0 Å². The van der Waals surface area contributed by atoms with Crippen LogP contribution in [0.3, 0.4) is 0 Å². The van der Waals surface area contributed by atoms with Crippen LogP contribution in [-0.2, 0) is 24.2 Å². The molecule has 134 valence electrons. The summed E-state index contributed by atoms with van der Waals surface area (Å²) in [5.74, 6) is -0.446. The minimum atomic E-state index is -0.309. The second-order valence-corrected chi connectivity index (χ2v) is 7.69. The molecular weight excluding hydrogens is 349 g/mol. The normalized spacial score (nSPS) is 16.5. The summed E-state index contributed by atoms with van der Waals surface area (Å²) in [5.41, 5.74) is 3.30. The van der Waals surface area contributed by atoms with Gasteiger partial charge in [0, 0.05) is 28.8 Å². The number of carbonyl (C=O) groups is 1. The first-order valence-corrected chi connectivity index (χ1v) is 9.55. The Labute approximate surface area is 155 Å². The Kier molecular flexibility index (Phi) is 4.74. The number of halogens is 1. The Bertz CT molecular complexity index is 966. The number of hydrogen-bond acceptors (Lipinski definition) is 3. The van der Waals surface area contributed by atoms with Crippen molar-refractivity contribution in [1.82, 2.24) is 5.32 Å². The molecule has 0 radical (unpaired) electrons. The van der Waals surface area contributed by atoms with Crippen molar-refractivity contribution in [3.05, 3.63) is 69.8 Å². The van der Waals surface area contributed by atoms with E-state index in [1.165, 1.54) is 28.5 Å². The van der Waals surface area contributed by atoms with Crippen LogP contribution in [0, 0.1) is 5.82 Å². The van der Waals surface area contributed by atoms with Crippen molar-refractivity contribution in [3.63, 3.8) is 0 Å². The zero-order valence-corrected chi connectivity index (χ0v) is 15.4. The van der Waals surface area contributed by atoms with E-state index in [1.54, 1.807) is 13.2 Å². The molecular formula is C21H20FNO2S. The first kappa shape index (κ1) is 17.2. The van der Waals surface area contributed by atoms with E-state index in [4.69, 9.17) is 4.74 Å². The minimum Gasteiger partial charge on any atom is -0.380 e. The van der Waals surface area contributed by atoms with Crippen LogP contribution in [0.2, 0.25) is 0 Å². The third-order valence-electron chi connectivity index (χ3n) is 4.94. The summed E-state index contributed by atoms with van der Waals surface area (Å²) in [7, 11) is 1.56. The van der Waals surface area contributed by atoms with Crippen LogP contribution in [0.4, 0.5) is 4.39 Å². The Hall–Kier alpha value is -2.24. The van der Waals surface area contributed by atoms with Crippen molar-refractivity contribution in [3.8, 4) is 0 Å². The number of ether oxygens (including phenoxy) is 1. The number of methoxy groups -OCH3 is 1. The third kappa shape index (κ3) is 3.13. The van der Waals surface area contributed by atoms with Crippen molar-refractivity contribution in [1.29, 1.82) is 0 Å². The molecule has 1 aliphatic carbocycles. The Morgan fingerprint density at radius 1 is 1.23 bits per heavy atom. The second-order valence-electron chi connectivity index (χ2n) is 6.64. The van der Waals surface area contributed by atoms with Gasteiger partial charge in [-0.1, -0.05) is 30.3 Å². The zero-order chi connectivity index (χ0) is 18.1. The van der Waals surface area contributed by atoms with E-state index in [9.17, 15) is 9.18 Å². The Balaban J connectivity index is 1.61. The molecule has 1 heterocycles. The molecule has 2 aromatic carbocycles. The van der Waals surface area contributed by atoms with E-state index in [1.807, 2.05) is 12.1 Å². The quantitative estimate of drug-likeness (QED) is 0.737. The molecule has 1 aromatic heterocycles. The summed E-state index contributed by atoms with van der Waals surface area (Å²) >= 11 is 1.33. The molecule has 0 aliphatic heterocycles. The number of aryl methyl sites for hydroxylation is 1. The molecule has 26 heavy (non-hydrogen) atoms. The molecule has 1 unspecified atom stereocenters. The molecule has 0 saturated heterocycles. The highest BCUT2D eigenvalue weighted by Crippen LogP contribution is 2.34. The average Bonchev–Trinajstić information content (AvgIpc) is 3.02. The largest absolute Gasteiger partial charge is 0.380 e. The van der Waals surface area contributed by atoms with Gasteiger partial charge in [0.05, 0.1) is 11.5 Å². The molecule has 3 aromatic rings. The van der Waals surface area contributed by atoms with Crippen LogP contribution in [0.25, 0.3) is 10.1 Å². The van der Waals surface area contributed by atoms with Gasteiger partial charge in [-0.2, -0.15) is 0 Å². The fraction of sp³-hybridized carbons (Fsp3) is 0.286. The number of rotatable bonds is 4. The van der Waals surface area contributed by atoms with Gasteiger partial charge >= 0.3 is 0 Å². The third-order valence-corrected chi connectivity index (χ3v) is 6.14. The highest BCUT2D eigenvalue weighted by Gasteiger charge is 2.24. The van der Waals surface area contributed by atoms with Crippen LogP contribution in [0.15, 0.2) is 42.5 Å². The standard InChI is InChI=1S/C21H20FNO2S/c1-25-12-16-19-17(22)7-4-8-18(19)26-20(16)21(24)23-15-10-9-13-5-2-3-6-14(13)11-15/h2-8,15H,9-12H2,1H3,(H,23,24). The predicted molar refractivity (Wildman–Crippen MR) is 102 cm³/mol. The Morgan fingerprint density at radius 3 is 2.85 bits per heavy atom. The number of hydrogen-bond donors (Lipinski definition) is 1. The number of carbonyl (C=O) groups excluding carboxylic acids is 1. The maximum Gasteiger partial charge on any atom is 0.261 e. The number of nitrogens with one attached hydrogen (secondary N) is 1. The molecule has 1 aliphatic rings. The molecule has 5 heteroatoms. The maximum absolute atomic E-state index is 14.3. The summed E-state index contributed by atoms with van der Waals surface area (Å²) in [6, 6.07) is 13.4. The van der Waals surface area contributed by atoms with E-state index >= 15 is 0 Å². The second kappa shape index (κ2) is 7.17. The maximum atomic E-state index is 14.3. The minimum absolute atomic E-state index is 0.0999. The molecule has 1 atom stereocenters. The lowest BCUT2D eigenvalue weighted by atomic mass is 9.88. The van der Waals surface area contributed by atoms with Gasteiger partial charge in [0.1, 0.15) is 5.82 Å². The molecule has 0 saturated carbocycles. The summed E-state index contributed by atoms with van der Waals surface area (Å²) < 4.78 is 20.3. The fourth-order valence-electron chi connectivity index (χ4n) is 3.70. The van der Waals surface area contributed by atoms with Crippen molar-refractivity contribution >= 4 is 27.3 Å². The molecule has 4 rings (SSSR count). The molecule has 0 fully saturated rings. The number of thiophene rings is 1. The van der Waals surface area contributed by atoms with E-state index < -0.39 is 0 Å². The molecule has 3 nitrogen and oxygen atoms in total. The van der Waals surface area contributed by atoms with Crippen LogP contribution in [-0.4, -0.2) is 19.1 Å². The van der Waals surface area contributed by atoms with Gasteiger partial charge in [0.25, 0.3) is 5.91 Å². The lowest BCUT2D eigenvalue weighted by Gasteiger charge is -2.25. The lowest BCUT2D eigenvalue weighted by Crippen LogP contribution is -2.38. The van der Waals surface area contributed by atoms with Crippen LogP contribution >= 0.6 is 11.3 Å². The summed E-state index contributed by atoms with van der Waals surface area (Å²) in [6.45, 7) is 0.219. The fourth-order valence-corrected chi connectivity index (χ4v) is 4.83. The van der Waals surface area contributed by atoms with E-state index in [0.29, 0.717) is 15.8 Å². The summed E-state index contributed by atoms with van der Waals surface area (Å²) in [6.07, 6.45) is 2.72. The molecule has 1 amide bonds.